The zero-order valence-electron chi connectivity index (χ0n) is 16.0. The molecule has 5 rings (SSSR count). The van der Waals surface area contributed by atoms with Gasteiger partial charge in [0.15, 0.2) is 5.82 Å². The van der Waals surface area contributed by atoms with Crippen LogP contribution in [0.5, 0.6) is 0 Å². The number of fused-ring (bicyclic) bond motifs is 2. The van der Waals surface area contributed by atoms with E-state index in [-0.39, 0.29) is 5.91 Å². The molecule has 0 saturated heterocycles. The fraction of sp³-hybridized carbons (Fsp3) is 0.381. The maximum atomic E-state index is 12.5. The predicted octanol–water partition coefficient (Wildman–Crippen LogP) is 3.82. The van der Waals surface area contributed by atoms with Crippen molar-refractivity contribution in [1.29, 1.82) is 0 Å². The largest absolute Gasteiger partial charge is 0.359 e. The highest BCUT2D eigenvalue weighted by molar-refractivity contribution is 5.97. The number of carbonyl (C=O) groups is 1. The van der Waals surface area contributed by atoms with Gasteiger partial charge in [0.1, 0.15) is 5.69 Å². The van der Waals surface area contributed by atoms with Crippen LogP contribution < -0.4 is 15.1 Å². The molecule has 0 unspecified atom stereocenters. The van der Waals surface area contributed by atoms with E-state index >= 15 is 0 Å². The number of rotatable bonds is 3. The topological polar surface area (TPSA) is 77.2 Å². The van der Waals surface area contributed by atoms with Gasteiger partial charge in [0.05, 0.1) is 17.4 Å². The second kappa shape index (κ2) is 6.82. The average molecular weight is 376 g/mol. The summed E-state index contributed by atoms with van der Waals surface area (Å²) in [6.45, 7) is 0.712. The fourth-order valence-corrected chi connectivity index (χ4v) is 4.38. The maximum Gasteiger partial charge on any atom is 0.229 e. The standard InChI is InChI=1S/C21H24N6O/c1-26-17-13-23-21(24-16-8-4-5-14-9-11-22-19(14)16)25-20(17)27(12-10-18(26)28)15-6-2-3-7-15/h4-5,8-9,11,13,15,22H,2-3,6-7,10,12H2,1H3,(H,23,24,25). The molecule has 1 aliphatic carbocycles. The predicted molar refractivity (Wildman–Crippen MR) is 111 cm³/mol. The van der Waals surface area contributed by atoms with Crippen molar-refractivity contribution in [3.8, 4) is 0 Å². The van der Waals surface area contributed by atoms with E-state index in [9.17, 15) is 4.79 Å². The molecule has 1 fully saturated rings. The van der Waals surface area contributed by atoms with Crippen LogP contribution in [0.25, 0.3) is 10.9 Å². The quantitative estimate of drug-likeness (QED) is 0.727. The van der Waals surface area contributed by atoms with Gasteiger partial charge in [-0.2, -0.15) is 4.98 Å². The Hall–Kier alpha value is -3.09. The van der Waals surface area contributed by atoms with E-state index < -0.39 is 0 Å². The first-order chi connectivity index (χ1) is 13.7. The van der Waals surface area contributed by atoms with E-state index in [0.717, 1.165) is 40.9 Å². The SMILES string of the molecule is CN1C(=O)CCN(C2CCCC2)c2nc(Nc3cccc4cc[nH]c34)ncc21. The molecule has 1 aromatic carbocycles. The first-order valence-corrected chi connectivity index (χ1v) is 9.94. The zero-order chi connectivity index (χ0) is 19.1. The molecule has 0 bridgehead atoms. The molecule has 7 heteroatoms. The van der Waals surface area contributed by atoms with Crippen molar-refractivity contribution in [2.24, 2.45) is 0 Å². The Morgan fingerprint density at radius 1 is 1.21 bits per heavy atom. The van der Waals surface area contributed by atoms with E-state index in [1.165, 1.54) is 12.8 Å². The number of hydrogen-bond acceptors (Lipinski definition) is 5. The van der Waals surface area contributed by atoms with Crippen LogP contribution in [0.1, 0.15) is 32.1 Å². The molecular formula is C21H24N6O. The van der Waals surface area contributed by atoms with Gasteiger partial charge in [-0.25, -0.2) is 4.98 Å². The molecule has 2 N–H and O–H groups in total. The number of nitrogens with zero attached hydrogens (tertiary/aromatic N) is 4. The Morgan fingerprint density at radius 2 is 2.07 bits per heavy atom. The molecule has 1 saturated carbocycles. The third-order valence-electron chi connectivity index (χ3n) is 5.92. The van der Waals surface area contributed by atoms with E-state index in [0.29, 0.717) is 25.0 Å². The highest BCUT2D eigenvalue weighted by Gasteiger charge is 2.31. The number of nitrogens with one attached hydrogen (secondary N) is 2. The van der Waals surface area contributed by atoms with Gasteiger partial charge in [0, 0.05) is 37.6 Å². The van der Waals surface area contributed by atoms with Gasteiger partial charge in [0.25, 0.3) is 0 Å². The lowest BCUT2D eigenvalue weighted by atomic mass is 10.2. The van der Waals surface area contributed by atoms with E-state index in [1.807, 2.05) is 31.4 Å². The van der Waals surface area contributed by atoms with Crippen molar-refractivity contribution in [3.63, 3.8) is 0 Å². The van der Waals surface area contributed by atoms with Crippen LogP contribution in [0.4, 0.5) is 23.1 Å². The minimum atomic E-state index is 0.113. The normalized spacial score (nSPS) is 17.8. The first-order valence-electron chi connectivity index (χ1n) is 9.94. The fourth-order valence-electron chi connectivity index (χ4n) is 4.38. The van der Waals surface area contributed by atoms with Crippen molar-refractivity contribution < 1.29 is 4.79 Å². The molecule has 144 valence electrons. The number of para-hydroxylation sites is 1. The minimum Gasteiger partial charge on any atom is -0.359 e. The summed E-state index contributed by atoms with van der Waals surface area (Å²) in [6, 6.07) is 8.59. The second-order valence-corrected chi connectivity index (χ2v) is 7.61. The number of carbonyl (C=O) groups excluding carboxylic acids is 1. The van der Waals surface area contributed by atoms with Crippen LogP contribution in [-0.4, -0.2) is 40.5 Å². The van der Waals surface area contributed by atoms with Gasteiger partial charge in [0.2, 0.25) is 11.9 Å². The van der Waals surface area contributed by atoms with Crippen LogP contribution >= 0.6 is 0 Å². The molecule has 2 aromatic heterocycles. The smallest absolute Gasteiger partial charge is 0.229 e. The summed E-state index contributed by atoms with van der Waals surface area (Å²) in [5.41, 5.74) is 2.76. The van der Waals surface area contributed by atoms with E-state index in [2.05, 4.69) is 26.3 Å². The summed E-state index contributed by atoms with van der Waals surface area (Å²) in [5.74, 6) is 1.52. The van der Waals surface area contributed by atoms with Gasteiger partial charge < -0.3 is 20.1 Å². The Kier molecular flexibility index (Phi) is 4.15. The number of amides is 1. The Balaban J connectivity index is 1.54. The van der Waals surface area contributed by atoms with Gasteiger partial charge in [-0.05, 0) is 25.0 Å². The van der Waals surface area contributed by atoms with Crippen molar-refractivity contribution in [1.82, 2.24) is 15.0 Å². The third kappa shape index (κ3) is 2.87. The van der Waals surface area contributed by atoms with Crippen LogP contribution in [0.3, 0.4) is 0 Å². The lowest BCUT2D eigenvalue weighted by molar-refractivity contribution is -0.118. The molecule has 7 nitrogen and oxygen atoms in total. The summed E-state index contributed by atoms with van der Waals surface area (Å²) in [6.07, 6.45) is 9.00. The van der Waals surface area contributed by atoms with Crippen LogP contribution in [0, 0.1) is 0 Å². The molecule has 3 heterocycles. The van der Waals surface area contributed by atoms with Crippen LogP contribution in [-0.2, 0) is 4.79 Å². The monoisotopic (exact) mass is 376 g/mol. The van der Waals surface area contributed by atoms with Crippen LogP contribution in [0.15, 0.2) is 36.7 Å². The second-order valence-electron chi connectivity index (χ2n) is 7.61. The Bertz CT molecular complexity index is 1020. The van der Waals surface area contributed by atoms with E-state index in [1.54, 1.807) is 11.1 Å². The van der Waals surface area contributed by atoms with Gasteiger partial charge >= 0.3 is 0 Å². The molecule has 0 radical (unpaired) electrons. The summed E-state index contributed by atoms with van der Waals surface area (Å²) < 4.78 is 0. The molecule has 0 spiro atoms. The molecule has 3 aromatic rings. The molecule has 28 heavy (non-hydrogen) atoms. The van der Waals surface area contributed by atoms with Crippen molar-refractivity contribution in [2.45, 2.75) is 38.1 Å². The van der Waals surface area contributed by atoms with Crippen molar-refractivity contribution >= 4 is 40.0 Å². The third-order valence-corrected chi connectivity index (χ3v) is 5.92. The maximum absolute atomic E-state index is 12.5. The molecule has 1 amide bonds. The summed E-state index contributed by atoms with van der Waals surface area (Å²) in [7, 11) is 1.81. The molecular weight excluding hydrogens is 352 g/mol. The number of hydrogen-bond donors (Lipinski definition) is 2. The molecule has 1 aliphatic heterocycles. The van der Waals surface area contributed by atoms with Gasteiger partial charge in [-0.15, -0.1) is 0 Å². The highest BCUT2D eigenvalue weighted by Crippen LogP contribution is 2.36. The number of benzene rings is 1. The Labute approximate surface area is 163 Å². The lowest BCUT2D eigenvalue weighted by Gasteiger charge is -2.30. The zero-order valence-corrected chi connectivity index (χ0v) is 16.0. The number of anilines is 4. The Morgan fingerprint density at radius 3 is 2.93 bits per heavy atom. The van der Waals surface area contributed by atoms with Crippen LogP contribution in [0.2, 0.25) is 0 Å². The summed E-state index contributed by atoms with van der Waals surface area (Å²) in [5, 5.41) is 4.49. The highest BCUT2D eigenvalue weighted by atomic mass is 16.2. The number of aromatic amines is 1. The number of H-pyrrole nitrogens is 1. The average Bonchev–Trinajstić information content (AvgIpc) is 3.38. The van der Waals surface area contributed by atoms with Gasteiger partial charge in [-0.3, -0.25) is 4.79 Å². The van der Waals surface area contributed by atoms with Crippen molar-refractivity contribution in [3.05, 3.63) is 36.7 Å². The van der Waals surface area contributed by atoms with Crippen molar-refractivity contribution in [2.75, 3.05) is 28.7 Å². The van der Waals surface area contributed by atoms with Gasteiger partial charge in [-0.1, -0.05) is 25.0 Å². The lowest BCUT2D eigenvalue weighted by Crippen LogP contribution is -2.34. The minimum absolute atomic E-state index is 0.113. The molecule has 0 atom stereocenters. The first kappa shape index (κ1) is 17.0. The molecule has 2 aliphatic rings. The summed E-state index contributed by atoms with van der Waals surface area (Å²) in [4.78, 5) is 29.1. The van der Waals surface area contributed by atoms with E-state index in [4.69, 9.17) is 4.98 Å². The number of aromatic nitrogens is 3. The summed E-state index contributed by atoms with van der Waals surface area (Å²) >= 11 is 0.